The van der Waals surface area contributed by atoms with Gasteiger partial charge in [0.15, 0.2) is 5.96 Å². The van der Waals surface area contributed by atoms with Crippen LogP contribution in [0.2, 0.25) is 0 Å². The summed E-state index contributed by atoms with van der Waals surface area (Å²) in [5.74, 6) is 0.904. The van der Waals surface area contributed by atoms with Gasteiger partial charge in [0.2, 0.25) is 11.8 Å². The van der Waals surface area contributed by atoms with Gasteiger partial charge in [-0.25, -0.2) is 0 Å². The van der Waals surface area contributed by atoms with Crippen LogP contribution in [-0.4, -0.2) is 69.0 Å². The fourth-order valence-electron chi connectivity index (χ4n) is 4.42. The van der Waals surface area contributed by atoms with Gasteiger partial charge < -0.3 is 25.8 Å². The van der Waals surface area contributed by atoms with Crippen LogP contribution >= 0.6 is 0 Å². The zero-order valence-corrected chi connectivity index (χ0v) is 19.1. The molecular formula is C25H32N6O2. The molecule has 1 saturated heterocycles. The summed E-state index contributed by atoms with van der Waals surface area (Å²) in [6.07, 6.45) is 0.856. The lowest BCUT2D eigenvalue weighted by Crippen LogP contribution is -2.49. The normalized spacial score (nSPS) is 18.4. The molecule has 0 radical (unpaired) electrons. The maximum absolute atomic E-state index is 12.7. The Kier molecular flexibility index (Phi) is 7.44. The summed E-state index contributed by atoms with van der Waals surface area (Å²) in [4.78, 5) is 33.2. The molecule has 2 aliphatic rings. The summed E-state index contributed by atoms with van der Waals surface area (Å²) in [6.45, 7) is 4.29. The topological polar surface area (TPSA) is 89.1 Å². The smallest absolute Gasteiger partial charge is 0.225 e. The zero-order valence-electron chi connectivity index (χ0n) is 19.1. The molecule has 33 heavy (non-hydrogen) atoms. The second-order valence-electron chi connectivity index (χ2n) is 8.37. The number of fused-ring (bicyclic) bond motifs is 1. The minimum Gasteiger partial charge on any atom is -0.368 e. The van der Waals surface area contributed by atoms with Gasteiger partial charge in [-0.15, -0.1) is 0 Å². The van der Waals surface area contributed by atoms with Crippen molar-refractivity contribution in [2.45, 2.75) is 18.8 Å². The van der Waals surface area contributed by atoms with E-state index < -0.39 is 0 Å². The van der Waals surface area contributed by atoms with Crippen LogP contribution in [0.5, 0.6) is 0 Å². The monoisotopic (exact) mass is 448 g/mol. The Labute approximate surface area is 195 Å². The Balaban J connectivity index is 1.19. The third-order valence-electron chi connectivity index (χ3n) is 6.23. The van der Waals surface area contributed by atoms with E-state index in [2.05, 4.69) is 38.0 Å². The molecule has 1 atom stereocenters. The summed E-state index contributed by atoms with van der Waals surface area (Å²) < 4.78 is 0. The maximum Gasteiger partial charge on any atom is 0.225 e. The number of carbonyl (C=O) groups excluding carboxylic acids is 2. The molecule has 0 spiro atoms. The quantitative estimate of drug-likeness (QED) is 0.465. The molecule has 0 saturated carbocycles. The summed E-state index contributed by atoms with van der Waals surface area (Å²) in [7, 11) is 1.71. The highest BCUT2D eigenvalue weighted by Gasteiger charge is 2.25. The fraction of sp³-hybridized carbons (Fsp3) is 0.400. The Morgan fingerprint density at radius 1 is 1.03 bits per heavy atom. The maximum atomic E-state index is 12.7. The van der Waals surface area contributed by atoms with Crippen molar-refractivity contribution < 1.29 is 9.59 Å². The molecule has 2 aromatic rings. The van der Waals surface area contributed by atoms with Gasteiger partial charge >= 0.3 is 0 Å². The van der Waals surface area contributed by atoms with Gasteiger partial charge in [-0.05, 0) is 23.8 Å². The van der Waals surface area contributed by atoms with Crippen molar-refractivity contribution in [1.29, 1.82) is 0 Å². The van der Waals surface area contributed by atoms with Gasteiger partial charge in [-0.1, -0.05) is 36.4 Å². The van der Waals surface area contributed by atoms with Crippen molar-refractivity contribution in [3.8, 4) is 0 Å². The molecule has 0 aliphatic carbocycles. The molecule has 2 amide bonds. The number of para-hydroxylation sites is 2. The van der Waals surface area contributed by atoms with E-state index in [4.69, 9.17) is 0 Å². The number of carbonyl (C=O) groups is 2. The van der Waals surface area contributed by atoms with E-state index in [9.17, 15) is 9.59 Å². The van der Waals surface area contributed by atoms with Gasteiger partial charge in [-0.2, -0.15) is 0 Å². The van der Waals surface area contributed by atoms with Crippen molar-refractivity contribution in [3.63, 3.8) is 0 Å². The van der Waals surface area contributed by atoms with Gasteiger partial charge in [0.05, 0.1) is 0 Å². The number of nitrogens with one attached hydrogen (secondary N) is 3. The highest BCUT2D eigenvalue weighted by atomic mass is 16.2. The van der Waals surface area contributed by atoms with E-state index in [0.717, 1.165) is 37.4 Å². The molecule has 2 heterocycles. The lowest BCUT2D eigenvalue weighted by molar-refractivity contribution is -0.131. The average molecular weight is 449 g/mol. The molecule has 4 rings (SSSR count). The van der Waals surface area contributed by atoms with Crippen LogP contribution in [-0.2, 0) is 9.59 Å². The minimum atomic E-state index is 0.0291. The van der Waals surface area contributed by atoms with Crippen molar-refractivity contribution in [1.82, 2.24) is 15.5 Å². The Bertz CT molecular complexity index is 985. The molecule has 0 aromatic heterocycles. The second-order valence-corrected chi connectivity index (χ2v) is 8.37. The number of anilines is 2. The van der Waals surface area contributed by atoms with Crippen LogP contribution < -0.4 is 20.9 Å². The molecule has 174 valence electrons. The largest absolute Gasteiger partial charge is 0.368 e. The Morgan fingerprint density at radius 3 is 2.52 bits per heavy atom. The van der Waals surface area contributed by atoms with E-state index in [1.165, 1.54) is 5.69 Å². The number of nitrogens with zero attached hydrogens (tertiary/aromatic N) is 3. The number of hydrogen-bond acceptors (Lipinski definition) is 4. The molecule has 0 bridgehead atoms. The molecule has 8 nitrogen and oxygen atoms in total. The van der Waals surface area contributed by atoms with Crippen LogP contribution in [0.25, 0.3) is 0 Å². The van der Waals surface area contributed by atoms with E-state index in [1.807, 2.05) is 47.4 Å². The highest BCUT2D eigenvalue weighted by molar-refractivity contribution is 5.94. The number of rotatable bonds is 6. The molecule has 2 aliphatic heterocycles. The van der Waals surface area contributed by atoms with E-state index in [0.29, 0.717) is 31.9 Å². The number of piperazine rings is 1. The van der Waals surface area contributed by atoms with Crippen LogP contribution in [0.1, 0.15) is 24.3 Å². The van der Waals surface area contributed by atoms with Crippen LogP contribution in [0.4, 0.5) is 11.4 Å². The average Bonchev–Trinajstić information content (AvgIpc) is 2.86. The summed E-state index contributed by atoms with van der Waals surface area (Å²) in [5, 5.41) is 9.46. The van der Waals surface area contributed by atoms with Gasteiger partial charge in [-0.3, -0.25) is 14.6 Å². The zero-order chi connectivity index (χ0) is 23.0. The van der Waals surface area contributed by atoms with Gasteiger partial charge in [0, 0.05) is 76.5 Å². The van der Waals surface area contributed by atoms with E-state index in [-0.39, 0.29) is 17.7 Å². The lowest BCUT2D eigenvalue weighted by atomic mass is 9.90. The first-order valence-electron chi connectivity index (χ1n) is 11.5. The predicted octanol–water partition coefficient (Wildman–Crippen LogP) is 2.02. The predicted molar refractivity (Wildman–Crippen MR) is 132 cm³/mol. The number of amides is 2. The van der Waals surface area contributed by atoms with Crippen LogP contribution in [0.3, 0.4) is 0 Å². The SMILES string of the molecule is CN=C(NCCC(=O)N1CCN(c2ccccc2)CC1)NCC1CC(=O)Nc2ccccc21. The number of aliphatic imine (C=N–C) groups is 1. The van der Waals surface area contributed by atoms with Gasteiger partial charge in [0.25, 0.3) is 0 Å². The highest BCUT2D eigenvalue weighted by Crippen LogP contribution is 2.31. The summed E-state index contributed by atoms with van der Waals surface area (Å²) >= 11 is 0. The van der Waals surface area contributed by atoms with Crippen molar-refractivity contribution >= 4 is 29.1 Å². The number of hydrogen-bond donors (Lipinski definition) is 3. The standard InChI is InChI=1S/C25H32N6O2/c1-26-25(28-18-19-17-23(32)29-22-10-6-5-9-21(19)22)27-12-11-24(33)31-15-13-30(14-16-31)20-7-3-2-4-8-20/h2-10,19H,11-18H2,1H3,(H,29,32)(H2,26,27,28). The van der Waals surface area contributed by atoms with Crippen LogP contribution in [0.15, 0.2) is 59.6 Å². The minimum absolute atomic E-state index is 0.0291. The molecular weight excluding hydrogens is 416 g/mol. The molecule has 2 aromatic carbocycles. The number of benzene rings is 2. The summed E-state index contributed by atoms with van der Waals surface area (Å²) in [5.41, 5.74) is 3.21. The Morgan fingerprint density at radius 2 is 1.76 bits per heavy atom. The van der Waals surface area contributed by atoms with Crippen molar-refractivity contribution in [3.05, 3.63) is 60.2 Å². The van der Waals surface area contributed by atoms with Crippen LogP contribution in [0, 0.1) is 0 Å². The Hall–Kier alpha value is -3.55. The van der Waals surface area contributed by atoms with E-state index >= 15 is 0 Å². The third-order valence-corrected chi connectivity index (χ3v) is 6.23. The first-order valence-corrected chi connectivity index (χ1v) is 11.5. The molecule has 3 N–H and O–H groups in total. The first-order chi connectivity index (χ1) is 16.1. The van der Waals surface area contributed by atoms with Gasteiger partial charge in [0.1, 0.15) is 0 Å². The third kappa shape index (κ3) is 5.83. The molecule has 1 unspecified atom stereocenters. The molecule has 1 fully saturated rings. The molecule has 8 heteroatoms. The van der Waals surface area contributed by atoms with Crippen molar-refractivity contribution in [2.24, 2.45) is 4.99 Å². The number of guanidine groups is 1. The summed E-state index contributed by atoms with van der Waals surface area (Å²) in [6, 6.07) is 18.2. The lowest BCUT2D eigenvalue weighted by Gasteiger charge is -2.36. The second kappa shape index (κ2) is 10.8. The fourth-order valence-corrected chi connectivity index (χ4v) is 4.42. The van der Waals surface area contributed by atoms with Crippen molar-refractivity contribution in [2.75, 3.05) is 56.5 Å². The first kappa shape index (κ1) is 22.6. The van der Waals surface area contributed by atoms with E-state index in [1.54, 1.807) is 7.05 Å².